The molecule has 0 amide bonds. The van der Waals surface area contributed by atoms with E-state index >= 15 is 0 Å². The fourth-order valence-corrected chi connectivity index (χ4v) is 1.97. The molecule has 0 radical (unpaired) electrons. The van der Waals surface area contributed by atoms with E-state index in [2.05, 4.69) is 18.0 Å². The van der Waals surface area contributed by atoms with Crippen LogP contribution in [-0.4, -0.2) is 18.5 Å². The molecule has 1 heterocycles. The second-order valence-corrected chi connectivity index (χ2v) is 3.99. The van der Waals surface area contributed by atoms with Crippen molar-refractivity contribution in [3.8, 4) is 0 Å². The van der Waals surface area contributed by atoms with Crippen LogP contribution < -0.4 is 5.73 Å². The second-order valence-electron chi connectivity index (χ2n) is 3.59. The number of nitrogens with two attached hydrogens (primary N) is 1. The first-order valence-corrected chi connectivity index (χ1v) is 4.80. The van der Waals surface area contributed by atoms with Crippen LogP contribution >= 0.6 is 11.6 Å². The number of halogens is 1. The summed E-state index contributed by atoms with van der Waals surface area (Å²) in [6.07, 6.45) is 1.01. The minimum Gasteiger partial charge on any atom is -0.397 e. The van der Waals surface area contributed by atoms with Crippen LogP contribution in [0.3, 0.4) is 0 Å². The third-order valence-electron chi connectivity index (χ3n) is 2.58. The van der Waals surface area contributed by atoms with E-state index in [4.69, 9.17) is 17.3 Å². The van der Waals surface area contributed by atoms with Gasteiger partial charge in [0.1, 0.15) is 0 Å². The Morgan fingerprint density at radius 2 is 2.23 bits per heavy atom. The molecule has 0 fully saturated rings. The minimum atomic E-state index is 0.684. The summed E-state index contributed by atoms with van der Waals surface area (Å²) in [5.74, 6) is 0. The van der Waals surface area contributed by atoms with Crippen molar-refractivity contribution in [1.29, 1.82) is 0 Å². The molecule has 1 aliphatic heterocycles. The molecule has 0 saturated heterocycles. The number of hydrogen-bond acceptors (Lipinski definition) is 2. The van der Waals surface area contributed by atoms with Crippen LogP contribution in [0.15, 0.2) is 12.1 Å². The number of nitrogens with zero attached hydrogens (tertiary/aromatic N) is 1. The van der Waals surface area contributed by atoms with Crippen LogP contribution in [0.25, 0.3) is 0 Å². The predicted octanol–water partition coefficient (Wildman–Crippen LogP) is 1.91. The highest BCUT2D eigenvalue weighted by Crippen LogP contribution is 2.29. The molecule has 0 unspecified atom stereocenters. The maximum atomic E-state index is 5.94. The Balaban J connectivity index is 2.47. The summed E-state index contributed by atoms with van der Waals surface area (Å²) in [4.78, 5) is 2.29. The molecule has 1 aliphatic rings. The van der Waals surface area contributed by atoms with Crippen LogP contribution in [0.5, 0.6) is 0 Å². The van der Waals surface area contributed by atoms with E-state index in [-0.39, 0.29) is 0 Å². The van der Waals surface area contributed by atoms with Gasteiger partial charge in [0.15, 0.2) is 0 Å². The zero-order valence-electron chi connectivity index (χ0n) is 7.68. The van der Waals surface area contributed by atoms with E-state index in [1.807, 2.05) is 6.07 Å². The standard InChI is InChI=1S/C10H13ClN2/c1-13-5-4-8-7(6-13)2-3-9(11)10(8)12/h2-3H,4-6,12H2,1H3. The van der Waals surface area contributed by atoms with Crippen molar-refractivity contribution >= 4 is 17.3 Å². The topological polar surface area (TPSA) is 29.3 Å². The lowest BCUT2D eigenvalue weighted by molar-refractivity contribution is 0.313. The highest BCUT2D eigenvalue weighted by atomic mass is 35.5. The summed E-state index contributed by atoms with van der Waals surface area (Å²) in [5, 5.41) is 0.684. The zero-order chi connectivity index (χ0) is 9.42. The number of nitrogen functional groups attached to an aromatic ring is 1. The van der Waals surface area contributed by atoms with E-state index in [1.54, 1.807) is 0 Å². The molecule has 70 valence electrons. The average molecular weight is 197 g/mol. The van der Waals surface area contributed by atoms with Gasteiger partial charge in [-0.15, -0.1) is 0 Å². The fourth-order valence-electron chi connectivity index (χ4n) is 1.80. The van der Waals surface area contributed by atoms with E-state index in [0.717, 1.165) is 25.2 Å². The second kappa shape index (κ2) is 3.20. The number of rotatable bonds is 0. The number of likely N-dealkylation sites (N-methyl/N-ethyl adjacent to an activating group) is 1. The molecule has 0 saturated carbocycles. The lowest BCUT2D eigenvalue weighted by atomic mass is 9.98. The molecule has 13 heavy (non-hydrogen) atoms. The molecular weight excluding hydrogens is 184 g/mol. The smallest absolute Gasteiger partial charge is 0.0638 e. The summed E-state index contributed by atoms with van der Waals surface area (Å²) in [5.41, 5.74) is 9.23. The van der Waals surface area contributed by atoms with Crippen molar-refractivity contribution in [3.05, 3.63) is 28.3 Å². The largest absolute Gasteiger partial charge is 0.397 e. The monoisotopic (exact) mass is 196 g/mol. The van der Waals surface area contributed by atoms with Crippen molar-refractivity contribution < 1.29 is 0 Å². The van der Waals surface area contributed by atoms with Gasteiger partial charge < -0.3 is 10.6 Å². The molecule has 0 aromatic heterocycles. The van der Waals surface area contributed by atoms with Gasteiger partial charge in [-0.05, 0) is 30.7 Å². The van der Waals surface area contributed by atoms with Gasteiger partial charge in [-0.3, -0.25) is 0 Å². The van der Waals surface area contributed by atoms with Gasteiger partial charge in [0.25, 0.3) is 0 Å². The SMILES string of the molecule is CN1CCc2c(ccc(Cl)c2N)C1. The predicted molar refractivity (Wildman–Crippen MR) is 55.9 cm³/mol. The average Bonchev–Trinajstić information content (AvgIpc) is 2.12. The Morgan fingerprint density at radius 1 is 1.46 bits per heavy atom. The molecule has 2 nitrogen and oxygen atoms in total. The van der Waals surface area contributed by atoms with Gasteiger partial charge in [0.05, 0.1) is 10.7 Å². The van der Waals surface area contributed by atoms with E-state index in [1.165, 1.54) is 11.1 Å². The van der Waals surface area contributed by atoms with Crippen LogP contribution in [-0.2, 0) is 13.0 Å². The van der Waals surface area contributed by atoms with Crippen molar-refractivity contribution in [2.75, 3.05) is 19.3 Å². The summed E-state index contributed by atoms with van der Waals surface area (Å²) in [6.45, 7) is 2.05. The van der Waals surface area contributed by atoms with Crippen LogP contribution in [0, 0.1) is 0 Å². The van der Waals surface area contributed by atoms with Gasteiger partial charge in [-0.25, -0.2) is 0 Å². The molecule has 3 heteroatoms. The number of anilines is 1. The van der Waals surface area contributed by atoms with Crippen LogP contribution in [0.2, 0.25) is 5.02 Å². The Hall–Kier alpha value is -0.730. The van der Waals surface area contributed by atoms with Crippen molar-refractivity contribution in [3.63, 3.8) is 0 Å². The van der Waals surface area contributed by atoms with Gasteiger partial charge in [-0.2, -0.15) is 0 Å². The Kier molecular flexibility index (Phi) is 2.18. The first kappa shape index (κ1) is 8.85. The third-order valence-corrected chi connectivity index (χ3v) is 2.91. The quantitative estimate of drug-likeness (QED) is 0.643. The van der Waals surface area contributed by atoms with Crippen molar-refractivity contribution in [2.45, 2.75) is 13.0 Å². The Bertz CT molecular complexity index is 336. The van der Waals surface area contributed by atoms with E-state index in [0.29, 0.717) is 5.02 Å². The van der Waals surface area contributed by atoms with Crippen molar-refractivity contribution in [2.24, 2.45) is 0 Å². The van der Waals surface area contributed by atoms with Gasteiger partial charge in [0.2, 0.25) is 0 Å². The molecule has 0 atom stereocenters. The summed E-state index contributed by atoms with van der Waals surface area (Å²) < 4.78 is 0. The fraction of sp³-hybridized carbons (Fsp3) is 0.400. The zero-order valence-corrected chi connectivity index (χ0v) is 8.43. The highest BCUT2D eigenvalue weighted by molar-refractivity contribution is 6.33. The summed E-state index contributed by atoms with van der Waals surface area (Å²) in [6, 6.07) is 3.96. The van der Waals surface area contributed by atoms with E-state index < -0.39 is 0 Å². The molecule has 0 aliphatic carbocycles. The normalized spacial score (nSPS) is 17.1. The number of fused-ring (bicyclic) bond motifs is 1. The van der Waals surface area contributed by atoms with Gasteiger partial charge in [-0.1, -0.05) is 17.7 Å². The molecule has 2 rings (SSSR count). The van der Waals surface area contributed by atoms with Crippen LogP contribution in [0.1, 0.15) is 11.1 Å². The van der Waals surface area contributed by atoms with Crippen LogP contribution in [0.4, 0.5) is 5.69 Å². The maximum absolute atomic E-state index is 5.94. The molecular formula is C10H13ClN2. The highest BCUT2D eigenvalue weighted by Gasteiger charge is 2.16. The summed E-state index contributed by atoms with van der Waals surface area (Å²) in [7, 11) is 2.12. The molecule has 1 aromatic carbocycles. The number of hydrogen-bond donors (Lipinski definition) is 1. The number of benzene rings is 1. The van der Waals surface area contributed by atoms with E-state index in [9.17, 15) is 0 Å². The molecule has 2 N–H and O–H groups in total. The lowest BCUT2D eigenvalue weighted by Crippen LogP contribution is -2.27. The van der Waals surface area contributed by atoms with Crippen molar-refractivity contribution in [1.82, 2.24) is 4.90 Å². The summed E-state index contributed by atoms with van der Waals surface area (Å²) >= 11 is 5.94. The molecule has 1 aromatic rings. The lowest BCUT2D eigenvalue weighted by Gasteiger charge is -2.26. The third kappa shape index (κ3) is 1.52. The first-order valence-electron chi connectivity index (χ1n) is 4.43. The molecule has 0 spiro atoms. The molecule has 0 bridgehead atoms. The van der Waals surface area contributed by atoms with Gasteiger partial charge in [0, 0.05) is 13.1 Å². The first-order chi connectivity index (χ1) is 6.18. The Labute approximate surface area is 83.3 Å². The maximum Gasteiger partial charge on any atom is 0.0638 e. The van der Waals surface area contributed by atoms with Gasteiger partial charge >= 0.3 is 0 Å². The Morgan fingerprint density at radius 3 is 3.00 bits per heavy atom. The minimum absolute atomic E-state index is 0.684.